The lowest BCUT2D eigenvalue weighted by Crippen LogP contribution is -2.60. The lowest BCUT2D eigenvalue weighted by Gasteiger charge is -2.37. The van der Waals surface area contributed by atoms with Crippen LogP contribution in [0.5, 0.6) is 0 Å². The van der Waals surface area contributed by atoms with E-state index >= 15 is 0 Å². The Labute approximate surface area is 150 Å². The number of likely N-dealkylation sites (N-methyl/N-ethyl adjacent to an activating group) is 2. The Morgan fingerprint density at radius 1 is 1.00 bits per heavy atom. The summed E-state index contributed by atoms with van der Waals surface area (Å²) in [5.74, 6) is -0.434. The highest BCUT2D eigenvalue weighted by molar-refractivity contribution is 5.91. The normalized spacial score (nSPS) is 14.5. The predicted octanol–water partition coefficient (Wildman–Crippen LogP) is 1.41. The van der Waals surface area contributed by atoms with Crippen LogP contribution in [0.25, 0.3) is 0 Å². The van der Waals surface area contributed by atoms with Gasteiger partial charge in [-0.3, -0.25) is 9.59 Å². The van der Waals surface area contributed by atoms with Gasteiger partial charge in [-0.05, 0) is 30.2 Å². The first-order valence-electron chi connectivity index (χ1n) is 8.50. The van der Waals surface area contributed by atoms with Crippen molar-refractivity contribution in [3.63, 3.8) is 0 Å². The Morgan fingerprint density at radius 3 is 2.04 bits per heavy atom. The highest BCUT2D eigenvalue weighted by atomic mass is 16.2. The van der Waals surface area contributed by atoms with Gasteiger partial charge in [0.05, 0.1) is 6.04 Å². The minimum atomic E-state index is -0.627. The molecule has 0 saturated heterocycles. The molecule has 2 atom stereocenters. The maximum atomic E-state index is 13.0. The van der Waals surface area contributed by atoms with Crippen molar-refractivity contribution in [2.24, 2.45) is 5.41 Å². The van der Waals surface area contributed by atoms with Crippen LogP contribution in [-0.4, -0.2) is 38.0 Å². The molecule has 0 bridgehead atoms. The topological polar surface area (TPSA) is 96.2 Å². The van der Waals surface area contributed by atoms with Crippen LogP contribution in [0.2, 0.25) is 0 Å². The van der Waals surface area contributed by atoms with E-state index in [0.717, 1.165) is 5.56 Å². The molecule has 1 rings (SSSR count). The zero-order valence-electron chi connectivity index (χ0n) is 16.4. The highest BCUT2D eigenvalue weighted by Crippen LogP contribution is 2.29. The molecule has 5 N–H and O–H groups in total. The molecular weight excluding hydrogens is 316 g/mol. The molecule has 6 heteroatoms. The van der Waals surface area contributed by atoms with Crippen molar-refractivity contribution in [3.05, 3.63) is 29.8 Å². The van der Waals surface area contributed by atoms with Gasteiger partial charge < -0.3 is 21.7 Å². The van der Waals surface area contributed by atoms with Crippen molar-refractivity contribution >= 4 is 17.5 Å². The molecule has 0 aliphatic carbocycles. The summed E-state index contributed by atoms with van der Waals surface area (Å²) in [6.07, 6.45) is 0. The van der Waals surface area contributed by atoms with Crippen LogP contribution in [0.4, 0.5) is 5.69 Å². The van der Waals surface area contributed by atoms with Crippen LogP contribution in [0.1, 0.15) is 40.2 Å². The predicted molar refractivity (Wildman–Crippen MR) is 102 cm³/mol. The van der Waals surface area contributed by atoms with E-state index in [1.165, 1.54) is 0 Å². The number of anilines is 1. The maximum absolute atomic E-state index is 13.0. The van der Waals surface area contributed by atoms with E-state index in [9.17, 15) is 9.59 Å². The molecule has 2 amide bonds. The molecule has 0 aliphatic rings. The van der Waals surface area contributed by atoms with Gasteiger partial charge in [0, 0.05) is 18.2 Å². The summed E-state index contributed by atoms with van der Waals surface area (Å²) in [7, 11) is 3.31. The molecule has 1 aromatic carbocycles. The zero-order valence-corrected chi connectivity index (χ0v) is 16.4. The number of hydrogen-bond donors (Lipinski definition) is 4. The first-order chi connectivity index (χ1) is 11.4. The van der Waals surface area contributed by atoms with Crippen LogP contribution >= 0.6 is 0 Å². The summed E-state index contributed by atoms with van der Waals surface area (Å²) < 4.78 is 0. The number of nitrogens with one attached hydrogen (secondary N) is 3. The lowest BCUT2D eigenvalue weighted by molar-refractivity contribution is -0.133. The zero-order chi connectivity index (χ0) is 19.4. The SMILES string of the molecule is CNC(=O)C(NC(=O)[C@@H](NC)C(C)(C)c1cccc(N)c1)C(C)(C)C. The molecule has 0 heterocycles. The molecule has 0 aromatic heterocycles. The second-order valence-electron chi connectivity index (χ2n) is 7.99. The number of benzene rings is 1. The summed E-state index contributed by atoms with van der Waals surface area (Å²) in [6.45, 7) is 9.73. The third kappa shape index (κ3) is 4.95. The summed E-state index contributed by atoms with van der Waals surface area (Å²) in [5, 5.41) is 8.61. The van der Waals surface area contributed by atoms with Crippen molar-refractivity contribution in [1.82, 2.24) is 16.0 Å². The Balaban J connectivity index is 3.12. The van der Waals surface area contributed by atoms with Crippen molar-refractivity contribution in [2.45, 2.75) is 52.1 Å². The number of carbonyl (C=O) groups is 2. The Bertz CT molecular complexity index is 620. The van der Waals surface area contributed by atoms with Crippen molar-refractivity contribution in [2.75, 3.05) is 19.8 Å². The second-order valence-corrected chi connectivity index (χ2v) is 7.99. The molecule has 0 spiro atoms. The summed E-state index contributed by atoms with van der Waals surface area (Å²) in [5.41, 5.74) is 6.58. The standard InChI is InChI=1S/C19H32N4O2/c1-18(2,3)14(16(24)22-7)23-17(25)15(21-6)19(4,5)12-9-8-10-13(20)11-12/h8-11,14-15,21H,20H2,1-7H3,(H,22,24)(H,23,25)/t14?,15-/m1/s1. The third-order valence-corrected chi connectivity index (χ3v) is 4.56. The average Bonchev–Trinajstić information content (AvgIpc) is 2.51. The monoisotopic (exact) mass is 348 g/mol. The van der Waals surface area contributed by atoms with E-state index in [4.69, 9.17) is 5.73 Å². The number of hydrogen-bond acceptors (Lipinski definition) is 4. The summed E-state index contributed by atoms with van der Waals surface area (Å²) in [4.78, 5) is 25.2. The first-order valence-corrected chi connectivity index (χ1v) is 8.50. The van der Waals surface area contributed by atoms with Gasteiger partial charge in [0.2, 0.25) is 11.8 Å². The van der Waals surface area contributed by atoms with Crippen molar-refractivity contribution in [1.29, 1.82) is 0 Å². The number of rotatable bonds is 6. The molecule has 0 saturated carbocycles. The Kier molecular flexibility index (Phi) is 6.60. The van der Waals surface area contributed by atoms with Gasteiger partial charge in [0.15, 0.2) is 0 Å². The fourth-order valence-electron chi connectivity index (χ4n) is 2.97. The van der Waals surface area contributed by atoms with Crippen LogP contribution in [0, 0.1) is 5.41 Å². The number of carbonyl (C=O) groups excluding carboxylic acids is 2. The number of nitrogens with two attached hydrogens (primary N) is 1. The van der Waals surface area contributed by atoms with Gasteiger partial charge in [-0.1, -0.05) is 46.8 Å². The van der Waals surface area contributed by atoms with Crippen molar-refractivity contribution in [3.8, 4) is 0 Å². The minimum Gasteiger partial charge on any atom is -0.399 e. The summed E-state index contributed by atoms with van der Waals surface area (Å²) in [6, 6.07) is 6.36. The second kappa shape index (κ2) is 7.87. The minimum absolute atomic E-state index is 0.211. The first kappa shape index (κ1) is 21.0. The van der Waals surface area contributed by atoms with E-state index in [2.05, 4.69) is 16.0 Å². The van der Waals surface area contributed by atoms with E-state index < -0.39 is 22.9 Å². The Morgan fingerprint density at radius 2 is 1.60 bits per heavy atom. The van der Waals surface area contributed by atoms with E-state index in [-0.39, 0.29) is 11.8 Å². The highest BCUT2D eigenvalue weighted by Gasteiger charge is 2.39. The van der Waals surface area contributed by atoms with Crippen molar-refractivity contribution < 1.29 is 9.59 Å². The molecule has 140 valence electrons. The van der Waals surface area contributed by atoms with Gasteiger partial charge in [-0.25, -0.2) is 0 Å². The van der Waals surface area contributed by atoms with Gasteiger partial charge in [0.25, 0.3) is 0 Å². The van der Waals surface area contributed by atoms with Gasteiger partial charge in [-0.2, -0.15) is 0 Å². The Hall–Kier alpha value is -2.08. The molecule has 0 aliphatic heterocycles. The molecular formula is C19H32N4O2. The third-order valence-electron chi connectivity index (χ3n) is 4.56. The van der Waals surface area contributed by atoms with E-state index in [1.807, 2.05) is 58.9 Å². The average molecular weight is 348 g/mol. The van der Waals surface area contributed by atoms with Crippen LogP contribution in [-0.2, 0) is 15.0 Å². The number of nitrogen functional groups attached to an aromatic ring is 1. The van der Waals surface area contributed by atoms with E-state index in [0.29, 0.717) is 5.69 Å². The molecule has 6 nitrogen and oxygen atoms in total. The number of amides is 2. The molecule has 1 unspecified atom stereocenters. The molecule has 25 heavy (non-hydrogen) atoms. The van der Waals surface area contributed by atoms with Gasteiger partial charge >= 0.3 is 0 Å². The molecule has 1 aromatic rings. The fraction of sp³-hybridized carbons (Fsp3) is 0.579. The van der Waals surface area contributed by atoms with Crippen LogP contribution in [0.15, 0.2) is 24.3 Å². The van der Waals surface area contributed by atoms with Crippen LogP contribution in [0.3, 0.4) is 0 Å². The quantitative estimate of drug-likeness (QED) is 0.585. The smallest absolute Gasteiger partial charge is 0.242 e. The lowest BCUT2D eigenvalue weighted by atomic mass is 9.76. The largest absolute Gasteiger partial charge is 0.399 e. The fourth-order valence-corrected chi connectivity index (χ4v) is 2.97. The van der Waals surface area contributed by atoms with E-state index in [1.54, 1.807) is 14.1 Å². The van der Waals surface area contributed by atoms with Crippen LogP contribution < -0.4 is 21.7 Å². The molecule has 0 fully saturated rings. The van der Waals surface area contributed by atoms with Gasteiger partial charge in [0.1, 0.15) is 6.04 Å². The molecule has 0 radical (unpaired) electrons. The van der Waals surface area contributed by atoms with Gasteiger partial charge in [-0.15, -0.1) is 0 Å². The summed E-state index contributed by atoms with van der Waals surface area (Å²) >= 11 is 0. The maximum Gasteiger partial charge on any atom is 0.242 e.